The van der Waals surface area contributed by atoms with E-state index in [0.717, 1.165) is 12.2 Å². The van der Waals surface area contributed by atoms with Crippen molar-refractivity contribution >= 4 is 23.7 Å². The van der Waals surface area contributed by atoms with Crippen molar-refractivity contribution < 1.29 is 19.1 Å². The SMILES string of the molecule is CCCCCCCCSC(CC(=O)OCC)C(=O)OCC. The molecule has 1 unspecified atom stereocenters. The molecular formula is C16H30O4S. The molecule has 0 radical (unpaired) electrons. The molecule has 0 heterocycles. The molecule has 5 heteroatoms. The Morgan fingerprint density at radius 2 is 1.52 bits per heavy atom. The van der Waals surface area contributed by atoms with Gasteiger partial charge in [0.25, 0.3) is 0 Å². The van der Waals surface area contributed by atoms with Gasteiger partial charge in [-0.3, -0.25) is 9.59 Å². The Labute approximate surface area is 133 Å². The zero-order valence-corrected chi connectivity index (χ0v) is 14.5. The minimum absolute atomic E-state index is 0.104. The summed E-state index contributed by atoms with van der Waals surface area (Å²) in [4.78, 5) is 23.4. The Bertz CT molecular complexity index is 281. The van der Waals surface area contributed by atoms with Crippen molar-refractivity contribution in [3.63, 3.8) is 0 Å². The summed E-state index contributed by atoms with van der Waals surface area (Å²) in [5.41, 5.74) is 0. The first kappa shape index (κ1) is 20.3. The van der Waals surface area contributed by atoms with E-state index in [9.17, 15) is 9.59 Å². The van der Waals surface area contributed by atoms with Gasteiger partial charge in [0.05, 0.1) is 19.6 Å². The van der Waals surface area contributed by atoms with Crippen molar-refractivity contribution in [2.45, 2.75) is 71.0 Å². The number of carbonyl (C=O) groups is 2. The molecule has 0 spiro atoms. The Morgan fingerprint density at radius 3 is 2.14 bits per heavy atom. The van der Waals surface area contributed by atoms with Crippen molar-refractivity contribution in [3.8, 4) is 0 Å². The lowest BCUT2D eigenvalue weighted by Gasteiger charge is -2.14. The molecule has 0 aromatic carbocycles. The molecule has 21 heavy (non-hydrogen) atoms. The van der Waals surface area contributed by atoms with E-state index in [-0.39, 0.29) is 18.4 Å². The Kier molecular flexibility index (Phi) is 13.8. The van der Waals surface area contributed by atoms with E-state index in [1.807, 2.05) is 0 Å². The number of esters is 2. The number of unbranched alkanes of at least 4 members (excludes halogenated alkanes) is 5. The van der Waals surface area contributed by atoms with E-state index in [2.05, 4.69) is 6.92 Å². The van der Waals surface area contributed by atoms with Gasteiger partial charge >= 0.3 is 11.9 Å². The van der Waals surface area contributed by atoms with Gasteiger partial charge in [-0.25, -0.2) is 0 Å². The van der Waals surface area contributed by atoms with Gasteiger partial charge in [0.1, 0.15) is 5.25 Å². The maximum Gasteiger partial charge on any atom is 0.319 e. The standard InChI is InChI=1S/C16H30O4S/c1-4-7-8-9-10-11-12-21-14(16(18)20-6-3)13-15(17)19-5-2/h14H,4-13H2,1-3H3. The lowest BCUT2D eigenvalue weighted by atomic mass is 10.1. The van der Waals surface area contributed by atoms with Crippen LogP contribution in [0, 0.1) is 0 Å². The number of thioether (sulfide) groups is 1. The van der Waals surface area contributed by atoms with Crippen LogP contribution in [0.2, 0.25) is 0 Å². The van der Waals surface area contributed by atoms with Crippen molar-refractivity contribution in [1.82, 2.24) is 0 Å². The lowest BCUT2D eigenvalue weighted by molar-refractivity contribution is -0.149. The summed E-state index contributed by atoms with van der Waals surface area (Å²) in [7, 11) is 0. The molecule has 0 fully saturated rings. The van der Waals surface area contributed by atoms with Gasteiger partial charge < -0.3 is 9.47 Å². The van der Waals surface area contributed by atoms with Gasteiger partial charge in [0.2, 0.25) is 0 Å². The molecule has 0 aromatic heterocycles. The molecule has 124 valence electrons. The van der Waals surface area contributed by atoms with Crippen LogP contribution in [0.5, 0.6) is 0 Å². The minimum Gasteiger partial charge on any atom is -0.466 e. The van der Waals surface area contributed by atoms with Gasteiger partial charge in [0, 0.05) is 0 Å². The van der Waals surface area contributed by atoms with Crippen LogP contribution in [0.15, 0.2) is 0 Å². The second kappa shape index (κ2) is 14.2. The third-order valence-electron chi connectivity index (χ3n) is 3.02. The van der Waals surface area contributed by atoms with Crippen molar-refractivity contribution in [2.24, 2.45) is 0 Å². The summed E-state index contributed by atoms with van der Waals surface area (Å²) in [5.74, 6) is 0.252. The zero-order valence-electron chi connectivity index (χ0n) is 13.7. The first-order chi connectivity index (χ1) is 10.2. The molecule has 0 aliphatic heterocycles. The fourth-order valence-electron chi connectivity index (χ4n) is 1.92. The zero-order chi connectivity index (χ0) is 15.9. The highest BCUT2D eigenvalue weighted by molar-refractivity contribution is 8.00. The predicted octanol–water partition coefficient (Wildman–Crippen LogP) is 3.97. The topological polar surface area (TPSA) is 52.6 Å². The molecule has 0 N–H and O–H groups in total. The number of hydrogen-bond donors (Lipinski definition) is 0. The van der Waals surface area contributed by atoms with E-state index in [1.54, 1.807) is 13.8 Å². The third kappa shape index (κ3) is 11.6. The van der Waals surface area contributed by atoms with Crippen molar-refractivity contribution in [3.05, 3.63) is 0 Å². The van der Waals surface area contributed by atoms with Gasteiger partial charge in [-0.1, -0.05) is 39.0 Å². The van der Waals surface area contributed by atoms with Crippen LogP contribution in [0.25, 0.3) is 0 Å². The molecule has 0 aliphatic rings. The van der Waals surface area contributed by atoms with E-state index in [1.165, 1.54) is 43.9 Å². The van der Waals surface area contributed by atoms with Gasteiger partial charge in [-0.05, 0) is 26.0 Å². The molecule has 0 saturated heterocycles. The highest BCUT2D eigenvalue weighted by atomic mass is 32.2. The molecule has 0 aromatic rings. The maximum absolute atomic E-state index is 11.8. The van der Waals surface area contributed by atoms with E-state index >= 15 is 0 Å². The van der Waals surface area contributed by atoms with Crippen LogP contribution in [-0.4, -0.2) is 36.2 Å². The number of ether oxygens (including phenoxy) is 2. The molecule has 0 rings (SSSR count). The summed E-state index contributed by atoms with van der Waals surface area (Å²) in [6.07, 6.45) is 7.44. The summed E-state index contributed by atoms with van der Waals surface area (Å²) < 4.78 is 9.94. The lowest BCUT2D eigenvalue weighted by Crippen LogP contribution is -2.25. The molecule has 0 amide bonds. The summed E-state index contributed by atoms with van der Waals surface area (Å²) in [6.45, 7) is 6.43. The smallest absolute Gasteiger partial charge is 0.319 e. The minimum atomic E-state index is -0.431. The largest absolute Gasteiger partial charge is 0.466 e. The van der Waals surface area contributed by atoms with Crippen molar-refractivity contribution in [2.75, 3.05) is 19.0 Å². The number of rotatable bonds is 13. The third-order valence-corrected chi connectivity index (χ3v) is 4.31. The van der Waals surface area contributed by atoms with E-state index in [4.69, 9.17) is 9.47 Å². The van der Waals surface area contributed by atoms with Gasteiger partial charge in [-0.2, -0.15) is 0 Å². The summed E-state index contributed by atoms with van der Waals surface area (Å²) >= 11 is 1.51. The average molecular weight is 318 g/mol. The van der Waals surface area contributed by atoms with Crippen molar-refractivity contribution in [1.29, 1.82) is 0 Å². The van der Waals surface area contributed by atoms with Crippen LogP contribution in [0.1, 0.15) is 65.7 Å². The fourth-order valence-corrected chi connectivity index (χ4v) is 3.04. The first-order valence-corrected chi connectivity index (χ1v) is 9.14. The van der Waals surface area contributed by atoms with E-state index in [0.29, 0.717) is 13.2 Å². The number of carbonyl (C=O) groups excluding carboxylic acids is 2. The maximum atomic E-state index is 11.8. The number of hydrogen-bond acceptors (Lipinski definition) is 5. The Balaban J connectivity index is 3.98. The van der Waals surface area contributed by atoms with Crippen LogP contribution in [0.3, 0.4) is 0 Å². The van der Waals surface area contributed by atoms with E-state index < -0.39 is 5.25 Å². The van der Waals surface area contributed by atoms with Gasteiger partial charge in [-0.15, -0.1) is 11.8 Å². The Hall–Kier alpha value is -0.710. The second-order valence-electron chi connectivity index (χ2n) is 4.89. The van der Waals surface area contributed by atoms with Crippen LogP contribution in [0.4, 0.5) is 0 Å². The molecule has 0 saturated carbocycles. The second-order valence-corrected chi connectivity index (χ2v) is 6.20. The highest BCUT2D eigenvalue weighted by Crippen LogP contribution is 2.20. The van der Waals surface area contributed by atoms with Crippen LogP contribution < -0.4 is 0 Å². The van der Waals surface area contributed by atoms with Crippen LogP contribution >= 0.6 is 11.8 Å². The predicted molar refractivity (Wildman–Crippen MR) is 87.5 cm³/mol. The van der Waals surface area contributed by atoms with Gasteiger partial charge in [0.15, 0.2) is 0 Å². The molecular weight excluding hydrogens is 288 g/mol. The molecule has 0 aliphatic carbocycles. The first-order valence-electron chi connectivity index (χ1n) is 8.09. The Morgan fingerprint density at radius 1 is 0.905 bits per heavy atom. The molecule has 1 atom stereocenters. The summed E-state index contributed by atoms with van der Waals surface area (Å²) in [5, 5.41) is -0.431. The molecule has 0 bridgehead atoms. The normalized spacial score (nSPS) is 12.0. The highest BCUT2D eigenvalue weighted by Gasteiger charge is 2.24. The average Bonchev–Trinajstić information content (AvgIpc) is 2.45. The molecule has 4 nitrogen and oxygen atoms in total. The van der Waals surface area contributed by atoms with Crippen LogP contribution in [-0.2, 0) is 19.1 Å². The summed E-state index contributed by atoms with van der Waals surface area (Å²) in [6, 6.07) is 0. The quantitative estimate of drug-likeness (QED) is 0.380. The fraction of sp³-hybridized carbons (Fsp3) is 0.875. The monoisotopic (exact) mass is 318 g/mol.